The van der Waals surface area contributed by atoms with E-state index < -0.39 is 0 Å². The fourth-order valence-electron chi connectivity index (χ4n) is 2.39. The van der Waals surface area contributed by atoms with Gasteiger partial charge in [0, 0.05) is 17.8 Å². The SMILES string of the molecule is CC(C)(C)C(CCN)CCC(=O)NCCc1cccs1. The van der Waals surface area contributed by atoms with Gasteiger partial charge in [-0.15, -0.1) is 11.3 Å². The lowest BCUT2D eigenvalue weighted by Gasteiger charge is -2.30. The molecule has 0 fully saturated rings. The van der Waals surface area contributed by atoms with Gasteiger partial charge in [0.25, 0.3) is 0 Å². The molecule has 0 radical (unpaired) electrons. The summed E-state index contributed by atoms with van der Waals surface area (Å²) in [6, 6.07) is 4.15. The van der Waals surface area contributed by atoms with Crippen LogP contribution in [0.15, 0.2) is 17.5 Å². The summed E-state index contributed by atoms with van der Waals surface area (Å²) in [4.78, 5) is 13.2. The molecule has 0 aliphatic rings. The smallest absolute Gasteiger partial charge is 0.220 e. The molecule has 1 rings (SSSR count). The quantitative estimate of drug-likeness (QED) is 0.774. The van der Waals surface area contributed by atoms with Crippen molar-refractivity contribution in [3.05, 3.63) is 22.4 Å². The Kier molecular flexibility index (Phi) is 7.24. The van der Waals surface area contributed by atoms with Crippen molar-refractivity contribution < 1.29 is 4.79 Å². The number of carbonyl (C=O) groups is 1. The maximum atomic E-state index is 11.9. The fraction of sp³-hybridized carbons (Fsp3) is 0.688. The molecule has 0 saturated heterocycles. The second-order valence-corrected chi connectivity index (χ2v) is 7.39. The van der Waals surface area contributed by atoms with Gasteiger partial charge < -0.3 is 11.1 Å². The zero-order chi connectivity index (χ0) is 15.0. The molecule has 1 aromatic heterocycles. The molecule has 0 bridgehead atoms. The number of nitrogens with one attached hydrogen (secondary N) is 1. The Morgan fingerprint density at radius 3 is 2.70 bits per heavy atom. The third kappa shape index (κ3) is 6.53. The number of carbonyl (C=O) groups excluding carboxylic acids is 1. The van der Waals surface area contributed by atoms with E-state index in [-0.39, 0.29) is 11.3 Å². The van der Waals surface area contributed by atoms with E-state index in [0.29, 0.717) is 18.9 Å². The largest absolute Gasteiger partial charge is 0.356 e. The van der Waals surface area contributed by atoms with Gasteiger partial charge in [0.2, 0.25) is 5.91 Å². The van der Waals surface area contributed by atoms with Gasteiger partial charge >= 0.3 is 0 Å². The predicted molar refractivity (Wildman–Crippen MR) is 86.9 cm³/mol. The molecule has 0 aliphatic heterocycles. The van der Waals surface area contributed by atoms with Crippen molar-refractivity contribution in [1.82, 2.24) is 5.32 Å². The normalized spacial score (nSPS) is 13.2. The van der Waals surface area contributed by atoms with Crippen LogP contribution in [0.3, 0.4) is 0 Å². The molecule has 0 aromatic carbocycles. The summed E-state index contributed by atoms with van der Waals surface area (Å²) in [7, 11) is 0. The van der Waals surface area contributed by atoms with Crippen molar-refractivity contribution in [3.8, 4) is 0 Å². The monoisotopic (exact) mass is 296 g/mol. The van der Waals surface area contributed by atoms with Crippen LogP contribution in [0.1, 0.15) is 44.9 Å². The van der Waals surface area contributed by atoms with Gasteiger partial charge in [0.05, 0.1) is 0 Å². The van der Waals surface area contributed by atoms with Crippen molar-refractivity contribution in [2.45, 2.75) is 46.5 Å². The summed E-state index contributed by atoms with van der Waals surface area (Å²) in [5.41, 5.74) is 5.89. The third-order valence-electron chi connectivity index (χ3n) is 3.73. The zero-order valence-corrected chi connectivity index (χ0v) is 13.8. The average Bonchev–Trinajstić information content (AvgIpc) is 2.86. The number of rotatable bonds is 8. The van der Waals surface area contributed by atoms with E-state index in [1.807, 2.05) is 6.07 Å². The summed E-state index contributed by atoms with van der Waals surface area (Å²) in [5, 5.41) is 5.07. The van der Waals surface area contributed by atoms with Crippen LogP contribution in [0.25, 0.3) is 0 Å². The zero-order valence-electron chi connectivity index (χ0n) is 12.9. The number of hydrogen-bond donors (Lipinski definition) is 2. The number of thiophene rings is 1. The van der Waals surface area contributed by atoms with Crippen LogP contribution in [0.5, 0.6) is 0 Å². The van der Waals surface area contributed by atoms with E-state index in [0.717, 1.165) is 25.8 Å². The van der Waals surface area contributed by atoms with Gasteiger partial charge in [0.15, 0.2) is 0 Å². The fourth-order valence-corrected chi connectivity index (χ4v) is 3.09. The first-order chi connectivity index (χ1) is 9.43. The Hall–Kier alpha value is -0.870. The molecule has 1 amide bonds. The van der Waals surface area contributed by atoms with Crippen LogP contribution in [0, 0.1) is 11.3 Å². The molecule has 20 heavy (non-hydrogen) atoms. The van der Waals surface area contributed by atoms with Gasteiger partial charge in [0.1, 0.15) is 0 Å². The minimum Gasteiger partial charge on any atom is -0.356 e. The molecule has 114 valence electrons. The lowest BCUT2D eigenvalue weighted by molar-refractivity contribution is -0.121. The summed E-state index contributed by atoms with van der Waals surface area (Å²) < 4.78 is 0. The Morgan fingerprint density at radius 2 is 2.15 bits per heavy atom. The lowest BCUT2D eigenvalue weighted by atomic mass is 9.76. The standard InChI is InChI=1S/C16H28N2OS/c1-16(2,3)13(8-10-17)6-7-15(19)18-11-9-14-5-4-12-20-14/h4-5,12-13H,6-11,17H2,1-3H3,(H,18,19). The maximum Gasteiger partial charge on any atom is 0.220 e. The molecule has 4 heteroatoms. The molecular weight excluding hydrogens is 268 g/mol. The molecule has 1 heterocycles. The second-order valence-electron chi connectivity index (χ2n) is 6.36. The minimum atomic E-state index is 0.160. The number of nitrogens with two attached hydrogens (primary N) is 1. The van der Waals surface area contributed by atoms with Crippen LogP contribution in [-0.4, -0.2) is 19.0 Å². The van der Waals surface area contributed by atoms with E-state index in [9.17, 15) is 4.79 Å². The van der Waals surface area contributed by atoms with Crippen LogP contribution in [0.4, 0.5) is 0 Å². The molecule has 1 atom stereocenters. The maximum absolute atomic E-state index is 11.9. The molecule has 3 N–H and O–H groups in total. The summed E-state index contributed by atoms with van der Waals surface area (Å²) >= 11 is 1.74. The van der Waals surface area contributed by atoms with Gasteiger partial charge in [-0.2, -0.15) is 0 Å². The Bertz CT molecular complexity index is 382. The lowest BCUT2D eigenvalue weighted by Crippen LogP contribution is -2.28. The number of amides is 1. The van der Waals surface area contributed by atoms with E-state index in [4.69, 9.17) is 5.73 Å². The Morgan fingerprint density at radius 1 is 1.40 bits per heavy atom. The molecule has 0 saturated carbocycles. The van der Waals surface area contributed by atoms with Gasteiger partial charge in [-0.1, -0.05) is 26.8 Å². The highest BCUT2D eigenvalue weighted by Gasteiger charge is 2.24. The van der Waals surface area contributed by atoms with Crippen LogP contribution in [-0.2, 0) is 11.2 Å². The van der Waals surface area contributed by atoms with Crippen LogP contribution < -0.4 is 11.1 Å². The first-order valence-electron chi connectivity index (χ1n) is 7.42. The molecule has 0 spiro atoms. The van der Waals surface area contributed by atoms with Gasteiger partial charge in [-0.25, -0.2) is 0 Å². The first kappa shape index (κ1) is 17.2. The Labute approximate surface area is 127 Å². The van der Waals surface area contributed by atoms with Crippen molar-refractivity contribution in [2.24, 2.45) is 17.1 Å². The highest BCUT2D eigenvalue weighted by molar-refractivity contribution is 7.09. The van der Waals surface area contributed by atoms with E-state index in [1.165, 1.54) is 4.88 Å². The van der Waals surface area contributed by atoms with Crippen LogP contribution >= 0.6 is 11.3 Å². The summed E-state index contributed by atoms with van der Waals surface area (Å²) in [6.07, 6.45) is 3.44. The van der Waals surface area contributed by atoms with Crippen molar-refractivity contribution in [3.63, 3.8) is 0 Å². The third-order valence-corrected chi connectivity index (χ3v) is 4.67. The molecule has 1 unspecified atom stereocenters. The number of hydrogen-bond acceptors (Lipinski definition) is 3. The summed E-state index contributed by atoms with van der Waals surface area (Å²) in [5.74, 6) is 0.670. The Balaban J connectivity index is 2.24. The second kappa shape index (κ2) is 8.42. The average molecular weight is 296 g/mol. The molecule has 0 aliphatic carbocycles. The predicted octanol–water partition coefficient (Wildman–Crippen LogP) is 3.20. The van der Waals surface area contributed by atoms with E-state index in [2.05, 4.69) is 37.5 Å². The molecule has 1 aromatic rings. The van der Waals surface area contributed by atoms with Crippen molar-refractivity contribution in [2.75, 3.05) is 13.1 Å². The summed E-state index contributed by atoms with van der Waals surface area (Å²) in [6.45, 7) is 8.10. The minimum absolute atomic E-state index is 0.160. The highest BCUT2D eigenvalue weighted by Crippen LogP contribution is 2.31. The van der Waals surface area contributed by atoms with E-state index in [1.54, 1.807) is 11.3 Å². The van der Waals surface area contributed by atoms with Crippen molar-refractivity contribution in [1.29, 1.82) is 0 Å². The molecule has 3 nitrogen and oxygen atoms in total. The van der Waals surface area contributed by atoms with E-state index >= 15 is 0 Å². The van der Waals surface area contributed by atoms with Gasteiger partial charge in [-0.05, 0) is 48.6 Å². The van der Waals surface area contributed by atoms with Gasteiger partial charge in [-0.3, -0.25) is 4.79 Å². The molecular formula is C16H28N2OS. The first-order valence-corrected chi connectivity index (χ1v) is 8.30. The highest BCUT2D eigenvalue weighted by atomic mass is 32.1. The topological polar surface area (TPSA) is 55.1 Å². The van der Waals surface area contributed by atoms with Crippen molar-refractivity contribution >= 4 is 17.2 Å². The van der Waals surface area contributed by atoms with Crippen LogP contribution in [0.2, 0.25) is 0 Å².